The van der Waals surface area contributed by atoms with Crippen LogP contribution in [0.1, 0.15) is 56.3 Å². The number of hydrogen-bond donors (Lipinski definition) is 4. The predicted octanol–water partition coefficient (Wildman–Crippen LogP) is 1.59. The third-order valence-corrected chi connectivity index (χ3v) is 14.2. The Bertz CT molecular complexity index is 1530. The molecule has 1 saturated heterocycles. The van der Waals surface area contributed by atoms with Crippen LogP contribution in [0.15, 0.2) is 24.3 Å². The zero-order valence-electron chi connectivity index (χ0n) is 29.9. The topological polar surface area (TPSA) is 179 Å². The van der Waals surface area contributed by atoms with E-state index in [0.29, 0.717) is 25.9 Å². The first kappa shape index (κ1) is 35.7. The number of anilines is 1. The Morgan fingerprint density at radius 1 is 1.08 bits per heavy atom. The zero-order valence-corrected chi connectivity index (χ0v) is 29.9. The maximum atomic E-state index is 14.0. The minimum absolute atomic E-state index is 0.0402. The highest BCUT2D eigenvalue weighted by molar-refractivity contribution is 6.02. The van der Waals surface area contributed by atoms with Crippen LogP contribution in [0.3, 0.4) is 0 Å². The number of carbonyl (C=O) groups is 3. The standard InChI is InChI=1S/C37H53N3O10/c1-7-40-17-34(18-50-32(43)20-10-8-9-11-23(20)39-31(42)19(2)14-26(38)41)13-12-25(47-4)36-22-15-21-24(46-3)16-35(44,27(22)28(21)48-5)37(45,33(36)40)30(49-6)29(34)36/h8-11,19,21-22,24-25,27-30,33,44-45H,7,12-18H2,1-6H3,(H2,38,41)(H,39,42)/t19-,21-,22+,24+,25-,27-,28+,29+,30+,33+,34-,35-,36+,37-/m1/s1. The molecule has 5 aliphatic carbocycles. The van der Waals surface area contributed by atoms with Gasteiger partial charge in [0.15, 0.2) is 0 Å². The van der Waals surface area contributed by atoms with E-state index in [0.717, 1.165) is 6.42 Å². The van der Waals surface area contributed by atoms with E-state index >= 15 is 0 Å². The monoisotopic (exact) mass is 699 g/mol. The van der Waals surface area contributed by atoms with Crippen molar-refractivity contribution in [2.75, 3.05) is 53.5 Å². The molecule has 13 nitrogen and oxygen atoms in total. The second-order valence-electron chi connectivity index (χ2n) is 15.9. The van der Waals surface area contributed by atoms with Crippen molar-refractivity contribution in [1.29, 1.82) is 0 Å². The largest absolute Gasteiger partial charge is 0.461 e. The molecule has 6 fully saturated rings. The Balaban J connectivity index is 1.29. The molecule has 276 valence electrons. The van der Waals surface area contributed by atoms with Crippen LogP contribution in [0.25, 0.3) is 0 Å². The van der Waals surface area contributed by atoms with Crippen molar-refractivity contribution in [2.45, 2.75) is 87.6 Å². The van der Waals surface area contributed by atoms with Crippen molar-refractivity contribution in [3.8, 4) is 0 Å². The number of methoxy groups -OCH3 is 4. The number of ether oxygens (including phenoxy) is 5. The van der Waals surface area contributed by atoms with Gasteiger partial charge in [0.05, 0.1) is 48.3 Å². The zero-order chi connectivity index (χ0) is 36.0. The number of likely N-dealkylation sites (tertiary alicyclic amines) is 1. The number of piperidine rings is 1. The van der Waals surface area contributed by atoms with Crippen LogP contribution in [0.4, 0.5) is 5.69 Å². The molecular formula is C37H53N3O10. The van der Waals surface area contributed by atoms with Crippen LogP contribution in [-0.4, -0.2) is 123 Å². The molecule has 13 heteroatoms. The summed E-state index contributed by atoms with van der Waals surface area (Å²) in [5.41, 5.74) is 1.21. The fraction of sp³-hybridized carbons (Fsp3) is 0.757. The number of likely N-dealkylation sites (N-methyl/N-ethyl adjacent to an activating group) is 1. The number of nitrogens with zero attached hydrogens (tertiary/aromatic N) is 1. The number of nitrogens with two attached hydrogens (primary N) is 1. The van der Waals surface area contributed by atoms with Crippen LogP contribution in [-0.2, 0) is 33.3 Å². The molecule has 14 atom stereocenters. The number of fused-ring (bicyclic) bond motifs is 2. The number of nitrogens with one attached hydrogen (secondary N) is 1. The van der Waals surface area contributed by atoms with Gasteiger partial charge in [-0.1, -0.05) is 26.0 Å². The van der Waals surface area contributed by atoms with E-state index in [4.69, 9.17) is 29.4 Å². The number of esters is 1. The van der Waals surface area contributed by atoms with Gasteiger partial charge in [-0.2, -0.15) is 0 Å². The minimum atomic E-state index is -1.70. The summed E-state index contributed by atoms with van der Waals surface area (Å²) in [5, 5.41) is 29.3. The van der Waals surface area contributed by atoms with Crippen LogP contribution in [0, 0.1) is 40.4 Å². The fourth-order valence-corrected chi connectivity index (χ4v) is 12.7. The summed E-state index contributed by atoms with van der Waals surface area (Å²) in [4.78, 5) is 40.5. The summed E-state index contributed by atoms with van der Waals surface area (Å²) in [6.07, 6.45) is 0.586. The molecule has 1 heterocycles. The Kier molecular flexibility index (Phi) is 8.93. The minimum Gasteiger partial charge on any atom is -0.461 e. The van der Waals surface area contributed by atoms with E-state index in [2.05, 4.69) is 17.1 Å². The van der Waals surface area contributed by atoms with Gasteiger partial charge in [-0.25, -0.2) is 4.79 Å². The van der Waals surface area contributed by atoms with Gasteiger partial charge < -0.3 is 44.9 Å². The fourth-order valence-electron chi connectivity index (χ4n) is 12.7. The smallest absolute Gasteiger partial charge is 0.340 e. The molecule has 1 aromatic rings. The molecule has 1 aromatic carbocycles. The van der Waals surface area contributed by atoms with Crippen molar-refractivity contribution in [3.05, 3.63) is 29.8 Å². The lowest BCUT2D eigenvalue weighted by Crippen LogP contribution is -2.82. The first-order valence-corrected chi connectivity index (χ1v) is 18.0. The van der Waals surface area contributed by atoms with Crippen molar-refractivity contribution in [1.82, 2.24) is 4.90 Å². The lowest BCUT2D eigenvalue weighted by atomic mass is 9.42. The van der Waals surface area contributed by atoms with Gasteiger partial charge >= 0.3 is 5.97 Å². The van der Waals surface area contributed by atoms with Crippen molar-refractivity contribution < 1.29 is 48.3 Å². The molecule has 7 bridgehead atoms. The molecule has 5 saturated carbocycles. The van der Waals surface area contributed by atoms with Crippen molar-refractivity contribution in [2.24, 2.45) is 46.2 Å². The Morgan fingerprint density at radius 2 is 1.82 bits per heavy atom. The summed E-state index contributed by atoms with van der Waals surface area (Å²) < 4.78 is 31.3. The highest BCUT2D eigenvalue weighted by Crippen LogP contribution is 2.80. The van der Waals surface area contributed by atoms with E-state index in [9.17, 15) is 24.6 Å². The van der Waals surface area contributed by atoms with Gasteiger partial charge in [-0.3, -0.25) is 14.5 Å². The van der Waals surface area contributed by atoms with E-state index < -0.39 is 57.9 Å². The molecule has 6 aliphatic rings. The first-order valence-electron chi connectivity index (χ1n) is 18.0. The number of benzene rings is 1. The van der Waals surface area contributed by atoms with Gasteiger partial charge in [0.25, 0.3) is 0 Å². The molecule has 0 unspecified atom stereocenters. The van der Waals surface area contributed by atoms with E-state index in [-0.39, 0.29) is 72.7 Å². The summed E-state index contributed by atoms with van der Waals surface area (Å²) in [6.45, 7) is 4.84. The van der Waals surface area contributed by atoms with Crippen molar-refractivity contribution in [3.63, 3.8) is 0 Å². The normalized spacial score (nSPS) is 44.4. The maximum absolute atomic E-state index is 14.0. The molecule has 0 radical (unpaired) electrons. The molecule has 1 aliphatic heterocycles. The molecule has 2 amide bonds. The molecule has 7 rings (SSSR count). The number of para-hydroxylation sites is 1. The van der Waals surface area contributed by atoms with Gasteiger partial charge in [-0.05, 0) is 43.9 Å². The van der Waals surface area contributed by atoms with Crippen LogP contribution in [0.2, 0.25) is 0 Å². The second-order valence-corrected chi connectivity index (χ2v) is 15.9. The van der Waals surface area contributed by atoms with Gasteiger partial charge in [0.2, 0.25) is 11.8 Å². The van der Waals surface area contributed by atoms with E-state index in [1.165, 1.54) is 0 Å². The number of primary amides is 1. The van der Waals surface area contributed by atoms with Gasteiger partial charge in [0.1, 0.15) is 11.2 Å². The molecular weight excluding hydrogens is 646 g/mol. The van der Waals surface area contributed by atoms with Crippen molar-refractivity contribution >= 4 is 23.5 Å². The molecule has 50 heavy (non-hydrogen) atoms. The number of amides is 2. The average molecular weight is 700 g/mol. The SMILES string of the molecule is CCN1C[C@@]2(COC(=O)c3ccccc3NC(=O)[C@H](C)CC(N)=O)CC[C@@H](OC)[C@@]34[C@H]5C[C@H]6[C@H](OC)[C@@H]5[C@](O)(C[C@@H]6OC)[C@@](O)([C@@H](OC)[C@@H]23)[C@@H]14. The number of aliphatic hydroxyl groups is 2. The van der Waals surface area contributed by atoms with E-state index in [1.807, 2.05) is 0 Å². The van der Waals surface area contributed by atoms with Crippen LogP contribution in [0.5, 0.6) is 0 Å². The van der Waals surface area contributed by atoms with Crippen LogP contribution < -0.4 is 11.1 Å². The second kappa shape index (κ2) is 12.5. The third kappa shape index (κ3) is 4.46. The highest BCUT2D eigenvalue weighted by Gasteiger charge is 2.91. The Labute approximate surface area is 293 Å². The number of hydrogen-bond acceptors (Lipinski definition) is 11. The first-order chi connectivity index (χ1) is 23.8. The average Bonchev–Trinajstić information content (AvgIpc) is 3.52. The lowest BCUT2D eigenvalue weighted by molar-refractivity contribution is -0.320. The predicted molar refractivity (Wildman–Crippen MR) is 180 cm³/mol. The van der Waals surface area contributed by atoms with Gasteiger partial charge in [-0.15, -0.1) is 0 Å². The third-order valence-electron chi connectivity index (χ3n) is 14.2. The number of carbonyl (C=O) groups excluding carboxylic acids is 3. The highest BCUT2D eigenvalue weighted by atomic mass is 16.5. The summed E-state index contributed by atoms with van der Waals surface area (Å²) in [5.74, 6) is -3.02. The molecule has 5 N–H and O–H groups in total. The molecule has 1 spiro atoms. The summed E-state index contributed by atoms with van der Waals surface area (Å²) in [7, 11) is 6.69. The van der Waals surface area contributed by atoms with E-state index in [1.54, 1.807) is 59.6 Å². The quantitative estimate of drug-likeness (QED) is 0.233. The Hall–Kier alpha value is -2.65. The Morgan fingerprint density at radius 3 is 2.46 bits per heavy atom. The van der Waals surface area contributed by atoms with Gasteiger partial charge in [0, 0.05) is 82.3 Å². The summed E-state index contributed by atoms with van der Waals surface area (Å²) in [6, 6.07) is 6.16. The number of rotatable bonds is 12. The molecule has 0 aromatic heterocycles. The lowest BCUT2D eigenvalue weighted by Gasteiger charge is -2.70. The van der Waals surface area contributed by atoms with Crippen LogP contribution >= 0.6 is 0 Å². The maximum Gasteiger partial charge on any atom is 0.340 e. The summed E-state index contributed by atoms with van der Waals surface area (Å²) >= 11 is 0.